The second-order valence-corrected chi connectivity index (χ2v) is 6.33. The lowest BCUT2D eigenvalue weighted by Crippen LogP contribution is -2.48. The first-order valence-electron chi connectivity index (χ1n) is 8.43. The van der Waals surface area contributed by atoms with Gasteiger partial charge in [-0.1, -0.05) is 42.5 Å². The van der Waals surface area contributed by atoms with Crippen LogP contribution >= 0.6 is 0 Å². The van der Waals surface area contributed by atoms with E-state index in [0.717, 1.165) is 37.3 Å². The minimum atomic E-state index is -0.199. The van der Waals surface area contributed by atoms with Gasteiger partial charge in [-0.2, -0.15) is 0 Å². The van der Waals surface area contributed by atoms with Crippen molar-refractivity contribution < 1.29 is 9.18 Å². The highest BCUT2D eigenvalue weighted by Crippen LogP contribution is 2.21. The Morgan fingerprint density at radius 1 is 1.00 bits per heavy atom. The zero-order valence-electron chi connectivity index (χ0n) is 14.0. The predicted octanol–water partition coefficient (Wildman–Crippen LogP) is 3.39. The standard InChI is InChI=1S/C20H23FN2O/c1-16(17-7-9-19(21)10-8-17)23-13-11-22(12-14-23)15-20(24)18-5-3-2-4-6-18/h2-10,16H,11-15H2,1H3. The molecule has 4 heteroatoms. The van der Waals surface area contributed by atoms with Gasteiger partial charge in [-0.25, -0.2) is 4.39 Å². The van der Waals surface area contributed by atoms with Crippen LogP contribution in [0.25, 0.3) is 0 Å². The fourth-order valence-corrected chi connectivity index (χ4v) is 3.18. The molecular formula is C20H23FN2O. The number of ketones is 1. The second-order valence-electron chi connectivity index (χ2n) is 6.33. The smallest absolute Gasteiger partial charge is 0.176 e. The number of rotatable bonds is 5. The Kier molecular flexibility index (Phi) is 5.38. The summed E-state index contributed by atoms with van der Waals surface area (Å²) in [6.45, 7) is 6.22. The van der Waals surface area contributed by atoms with Crippen molar-refractivity contribution in [1.29, 1.82) is 0 Å². The Bertz CT molecular complexity index is 664. The summed E-state index contributed by atoms with van der Waals surface area (Å²) < 4.78 is 13.1. The van der Waals surface area contributed by atoms with E-state index in [-0.39, 0.29) is 17.6 Å². The van der Waals surface area contributed by atoms with Crippen LogP contribution in [-0.2, 0) is 0 Å². The molecule has 1 heterocycles. The van der Waals surface area contributed by atoms with Crippen LogP contribution in [0.15, 0.2) is 54.6 Å². The molecule has 24 heavy (non-hydrogen) atoms. The molecule has 3 nitrogen and oxygen atoms in total. The maximum absolute atomic E-state index is 13.1. The van der Waals surface area contributed by atoms with Crippen molar-refractivity contribution in [3.63, 3.8) is 0 Å². The van der Waals surface area contributed by atoms with Crippen molar-refractivity contribution in [3.05, 3.63) is 71.5 Å². The highest BCUT2D eigenvalue weighted by molar-refractivity contribution is 5.97. The van der Waals surface area contributed by atoms with E-state index in [0.29, 0.717) is 6.54 Å². The third-order valence-corrected chi connectivity index (χ3v) is 4.77. The molecule has 0 spiro atoms. The number of hydrogen-bond donors (Lipinski definition) is 0. The lowest BCUT2D eigenvalue weighted by molar-refractivity contribution is 0.0788. The summed E-state index contributed by atoms with van der Waals surface area (Å²) in [7, 11) is 0. The monoisotopic (exact) mass is 326 g/mol. The van der Waals surface area contributed by atoms with Crippen molar-refractivity contribution in [2.24, 2.45) is 0 Å². The Labute approximate surface area is 142 Å². The number of nitrogens with zero attached hydrogens (tertiary/aromatic N) is 2. The van der Waals surface area contributed by atoms with Crippen molar-refractivity contribution in [3.8, 4) is 0 Å². The van der Waals surface area contributed by atoms with Gasteiger partial charge in [-0.15, -0.1) is 0 Å². The molecule has 2 aromatic carbocycles. The molecule has 1 atom stereocenters. The van der Waals surface area contributed by atoms with Gasteiger partial charge in [-0.3, -0.25) is 14.6 Å². The summed E-state index contributed by atoms with van der Waals surface area (Å²) in [5.41, 5.74) is 1.91. The van der Waals surface area contributed by atoms with Crippen LogP contribution in [0.5, 0.6) is 0 Å². The maximum atomic E-state index is 13.1. The fraction of sp³-hybridized carbons (Fsp3) is 0.350. The number of piperazine rings is 1. The molecule has 0 aliphatic carbocycles. The molecule has 1 saturated heterocycles. The van der Waals surface area contributed by atoms with E-state index in [2.05, 4.69) is 16.7 Å². The van der Waals surface area contributed by atoms with Gasteiger partial charge < -0.3 is 0 Å². The molecule has 0 aromatic heterocycles. The van der Waals surface area contributed by atoms with Crippen molar-refractivity contribution >= 4 is 5.78 Å². The largest absolute Gasteiger partial charge is 0.294 e. The minimum Gasteiger partial charge on any atom is -0.294 e. The van der Waals surface area contributed by atoms with E-state index >= 15 is 0 Å². The zero-order valence-corrected chi connectivity index (χ0v) is 14.0. The van der Waals surface area contributed by atoms with Crippen LogP contribution in [0, 0.1) is 5.82 Å². The molecule has 1 aliphatic rings. The van der Waals surface area contributed by atoms with Gasteiger partial charge in [0.1, 0.15) is 5.82 Å². The molecule has 1 fully saturated rings. The number of carbonyl (C=O) groups is 1. The predicted molar refractivity (Wildman–Crippen MR) is 93.6 cm³/mol. The maximum Gasteiger partial charge on any atom is 0.176 e. The summed E-state index contributed by atoms with van der Waals surface area (Å²) >= 11 is 0. The summed E-state index contributed by atoms with van der Waals surface area (Å²) in [5, 5.41) is 0. The number of Topliss-reactive ketones (excluding diaryl/α,β-unsaturated/α-hetero) is 1. The minimum absolute atomic E-state index is 0.177. The molecule has 0 saturated carbocycles. The Balaban J connectivity index is 1.52. The van der Waals surface area contributed by atoms with Gasteiger partial charge in [0.25, 0.3) is 0 Å². The highest BCUT2D eigenvalue weighted by atomic mass is 19.1. The van der Waals surface area contributed by atoms with Gasteiger partial charge >= 0.3 is 0 Å². The summed E-state index contributed by atoms with van der Waals surface area (Å²) in [6, 6.07) is 16.5. The van der Waals surface area contributed by atoms with Gasteiger partial charge in [0.15, 0.2) is 5.78 Å². The molecule has 0 bridgehead atoms. The van der Waals surface area contributed by atoms with Crippen LogP contribution in [0.1, 0.15) is 28.9 Å². The summed E-state index contributed by atoms with van der Waals surface area (Å²) in [5.74, 6) is -0.0224. The molecule has 0 N–H and O–H groups in total. The van der Waals surface area contributed by atoms with Crippen LogP contribution < -0.4 is 0 Å². The molecule has 2 aromatic rings. The lowest BCUT2D eigenvalue weighted by atomic mass is 10.1. The van der Waals surface area contributed by atoms with Crippen LogP contribution in [-0.4, -0.2) is 48.3 Å². The van der Waals surface area contributed by atoms with Crippen LogP contribution in [0.3, 0.4) is 0 Å². The van der Waals surface area contributed by atoms with E-state index in [4.69, 9.17) is 0 Å². The van der Waals surface area contributed by atoms with Gasteiger partial charge in [0.05, 0.1) is 6.54 Å². The van der Waals surface area contributed by atoms with Crippen LogP contribution in [0.4, 0.5) is 4.39 Å². The average Bonchev–Trinajstić information content (AvgIpc) is 2.63. The van der Waals surface area contributed by atoms with E-state index < -0.39 is 0 Å². The van der Waals surface area contributed by atoms with E-state index in [1.807, 2.05) is 42.5 Å². The first-order valence-corrected chi connectivity index (χ1v) is 8.43. The van der Waals surface area contributed by atoms with E-state index in [1.54, 1.807) is 0 Å². The van der Waals surface area contributed by atoms with Crippen molar-refractivity contribution in [1.82, 2.24) is 9.80 Å². The second kappa shape index (κ2) is 7.69. The Morgan fingerprint density at radius 2 is 1.62 bits per heavy atom. The van der Waals surface area contributed by atoms with Gasteiger partial charge in [0, 0.05) is 37.8 Å². The molecule has 0 amide bonds. The highest BCUT2D eigenvalue weighted by Gasteiger charge is 2.23. The lowest BCUT2D eigenvalue weighted by Gasteiger charge is -2.38. The fourth-order valence-electron chi connectivity index (χ4n) is 3.18. The molecule has 1 aliphatic heterocycles. The molecule has 126 valence electrons. The number of benzene rings is 2. The number of carbonyl (C=O) groups excluding carboxylic acids is 1. The quantitative estimate of drug-likeness (QED) is 0.787. The normalized spacial score (nSPS) is 17.6. The third kappa shape index (κ3) is 4.08. The topological polar surface area (TPSA) is 23.6 Å². The Morgan fingerprint density at radius 3 is 2.25 bits per heavy atom. The van der Waals surface area contributed by atoms with Crippen molar-refractivity contribution in [2.75, 3.05) is 32.7 Å². The Hall–Kier alpha value is -2.04. The van der Waals surface area contributed by atoms with Crippen LogP contribution in [0.2, 0.25) is 0 Å². The molecule has 3 rings (SSSR count). The average molecular weight is 326 g/mol. The molecule has 0 radical (unpaired) electrons. The van der Waals surface area contributed by atoms with Gasteiger partial charge in [0.2, 0.25) is 0 Å². The number of hydrogen-bond acceptors (Lipinski definition) is 3. The first-order chi connectivity index (χ1) is 11.6. The SMILES string of the molecule is CC(c1ccc(F)cc1)N1CCN(CC(=O)c2ccccc2)CC1. The van der Waals surface area contributed by atoms with Gasteiger partial charge in [-0.05, 0) is 24.6 Å². The third-order valence-electron chi connectivity index (χ3n) is 4.77. The molecular weight excluding hydrogens is 303 g/mol. The summed E-state index contributed by atoms with van der Waals surface area (Å²) in [6.07, 6.45) is 0. The number of halogens is 1. The zero-order chi connectivity index (χ0) is 16.9. The van der Waals surface area contributed by atoms with E-state index in [1.165, 1.54) is 12.1 Å². The van der Waals surface area contributed by atoms with Crippen molar-refractivity contribution in [2.45, 2.75) is 13.0 Å². The molecule has 1 unspecified atom stereocenters. The summed E-state index contributed by atoms with van der Waals surface area (Å²) in [4.78, 5) is 16.9. The first kappa shape index (κ1) is 16.8. The van der Waals surface area contributed by atoms with E-state index in [9.17, 15) is 9.18 Å².